The molecular weight excluding hydrogens is 412 g/mol. The molecule has 0 bridgehead atoms. The SMILES string of the molecule is O=C(O)c1ccc(-n2nc3c4ccccc4[nH]c(-c4cccc([N+](=O)[O-])c4)c-3c2=O)cc1. The highest BCUT2D eigenvalue weighted by atomic mass is 16.6. The van der Waals surface area contributed by atoms with Gasteiger partial charge in [-0.05, 0) is 30.3 Å². The predicted molar refractivity (Wildman–Crippen MR) is 117 cm³/mol. The minimum absolute atomic E-state index is 0.0916. The molecule has 3 aromatic rings. The van der Waals surface area contributed by atoms with Crippen molar-refractivity contribution in [3.63, 3.8) is 0 Å². The number of aromatic amines is 1. The molecule has 2 aliphatic heterocycles. The van der Waals surface area contributed by atoms with Gasteiger partial charge in [-0.2, -0.15) is 9.78 Å². The van der Waals surface area contributed by atoms with E-state index in [1.165, 1.54) is 41.1 Å². The number of fused-ring (bicyclic) bond motifs is 3. The highest BCUT2D eigenvalue weighted by Crippen LogP contribution is 2.35. The lowest BCUT2D eigenvalue weighted by Gasteiger charge is -2.10. The Kier molecular flexibility index (Phi) is 4.30. The number of nitro benzene ring substituents is 1. The van der Waals surface area contributed by atoms with Crippen molar-refractivity contribution in [1.29, 1.82) is 0 Å². The summed E-state index contributed by atoms with van der Waals surface area (Å²) in [5.41, 5.74) is 2.31. The van der Waals surface area contributed by atoms with Crippen LogP contribution < -0.4 is 5.56 Å². The summed E-state index contributed by atoms with van der Waals surface area (Å²) in [5, 5.41) is 25.6. The second kappa shape index (κ2) is 7.17. The fourth-order valence-corrected chi connectivity index (χ4v) is 3.72. The average Bonchev–Trinajstić information content (AvgIpc) is 3.16. The number of carboxylic acids is 1. The van der Waals surface area contributed by atoms with Crippen LogP contribution in [-0.2, 0) is 0 Å². The molecule has 2 N–H and O–H groups in total. The van der Waals surface area contributed by atoms with E-state index in [1.54, 1.807) is 12.1 Å². The van der Waals surface area contributed by atoms with Gasteiger partial charge in [0.2, 0.25) is 0 Å². The first-order chi connectivity index (χ1) is 15.4. The van der Waals surface area contributed by atoms with Crippen LogP contribution >= 0.6 is 0 Å². The zero-order valence-electron chi connectivity index (χ0n) is 16.4. The number of nitrogens with zero attached hydrogens (tertiary/aromatic N) is 3. The Balaban J connectivity index is 1.82. The van der Waals surface area contributed by atoms with Crippen LogP contribution in [0.5, 0.6) is 0 Å². The molecule has 5 rings (SSSR count). The molecule has 156 valence electrons. The number of aromatic carboxylic acids is 1. The van der Waals surface area contributed by atoms with E-state index < -0.39 is 16.5 Å². The van der Waals surface area contributed by atoms with Crippen molar-refractivity contribution in [3.05, 3.63) is 98.8 Å². The number of carbonyl (C=O) groups is 1. The van der Waals surface area contributed by atoms with E-state index in [2.05, 4.69) is 10.1 Å². The maximum absolute atomic E-state index is 13.4. The molecule has 32 heavy (non-hydrogen) atoms. The Hall–Kier alpha value is -4.79. The van der Waals surface area contributed by atoms with E-state index in [0.29, 0.717) is 28.2 Å². The minimum Gasteiger partial charge on any atom is -0.478 e. The van der Waals surface area contributed by atoms with Gasteiger partial charge in [0.25, 0.3) is 11.2 Å². The number of pyridine rings is 1. The largest absolute Gasteiger partial charge is 0.478 e. The molecule has 0 atom stereocenters. The number of hydrogen-bond donors (Lipinski definition) is 2. The number of hydrogen-bond acceptors (Lipinski definition) is 5. The number of aromatic nitrogens is 3. The van der Waals surface area contributed by atoms with Gasteiger partial charge in [0.05, 0.1) is 27.4 Å². The topological polar surface area (TPSA) is 131 Å². The van der Waals surface area contributed by atoms with Crippen LogP contribution in [0.1, 0.15) is 10.4 Å². The molecule has 0 aliphatic carbocycles. The number of carboxylic acid groups (broad SMARTS) is 1. The molecule has 0 unspecified atom stereocenters. The first-order valence-electron chi connectivity index (χ1n) is 9.56. The molecule has 0 saturated heterocycles. The summed E-state index contributed by atoms with van der Waals surface area (Å²) in [6.07, 6.45) is 0. The minimum atomic E-state index is -1.07. The lowest BCUT2D eigenvalue weighted by Crippen LogP contribution is -2.15. The zero-order valence-corrected chi connectivity index (χ0v) is 16.4. The number of H-pyrrole nitrogens is 1. The third-order valence-electron chi connectivity index (χ3n) is 5.24. The molecule has 2 aliphatic rings. The van der Waals surface area contributed by atoms with Gasteiger partial charge in [0.15, 0.2) is 0 Å². The van der Waals surface area contributed by atoms with Crippen molar-refractivity contribution in [2.24, 2.45) is 0 Å². The molecular formula is C23H14N4O5. The van der Waals surface area contributed by atoms with E-state index in [-0.39, 0.29) is 16.8 Å². The Morgan fingerprint density at radius 2 is 1.78 bits per heavy atom. The normalized spacial score (nSPS) is 11.1. The van der Waals surface area contributed by atoms with Crippen LogP contribution in [-0.4, -0.2) is 30.8 Å². The van der Waals surface area contributed by atoms with Crippen molar-refractivity contribution in [1.82, 2.24) is 14.8 Å². The molecule has 9 heteroatoms. The predicted octanol–water partition coefficient (Wildman–Crippen LogP) is 4.09. The summed E-state index contributed by atoms with van der Waals surface area (Å²) in [7, 11) is 0. The summed E-state index contributed by atoms with van der Waals surface area (Å²) in [6, 6.07) is 19.2. The molecule has 0 radical (unpaired) electrons. The molecule has 9 nitrogen and oxygen atoms in total. The van der Waals surface area contributed by atoms with E-state index in [0.717, 1.165) is 5.39 Å². The van der Waals surface area contributed by atoms with Gasteiger partial charge in [0, 0.05) is 28.6 Å². The monoisotopic (exact) mass is 426 g/mol. The van der Waals surface area contributed by atoms with Crippen LogP contribution in [0.25, 0.3) is 39.1 Å². The molecule has 0 aromatic heterocycles. The summed E-state index contributed by atoms with van der Waals surface area (Å²) < 4.78 is 1.21. The van der Waals surface area contributed by atoms with E-state index in [4.69, 9.17) is 5.11 Å². The summed E-state index contributed by atoms with van der Waals surface area (Å²) in [5.74, 6) is -1.07. The van der Waals surface area contributed by atoms with Gasteiger partial charge in [-0.25, -0.2) is 4.79 Å². The molecule has 2 heterocycles. The number of non-ortho nitro benzene ring substituents is 1. The fraction of sp³-hybridized carbons (Fsp3) is 0. The van der Waals surface area contributed by atoms with Gasteiger partial charge in [0.1, 0.15) is 5.69 Å². The lowest BCUT2D eigenvalue weighted by molar-refractivity contribution is -0.384. The summed E-state index contributed by atoms with van der Waals surface area (Å²) in [6.45, 7) is 0. The van der Waals surface area contributed by atoms with Crippen molar-refractivity contribution in [2.45, 2.75) is 0 Å². The fourth-order valence-electron chi connectivity index (χ4n) is 3.72. The Morgan fingerprint density at radius 3 is 2.50 bits per heavy atom. The summed E-state index contributed by atoms with van der Waals surface area (Å²) in [4.78, 5) is 38.6. The average molecular weight is 426 g/mol. The Labute approximate surface area is 179 Å². The van der Waals surface area contributed by atoms with Crippen molar-refractivity contribution < 1.29 is 14.8 Å². The van der Waals surface area contributed by atoms with Crippen molar-refractivity contribution >= 4 is 22.6 Å². The molecule has 3 aromatic carbocycles. The maximum atomic E-state index is 13.4. The van der Waals surface area contributed by atoms with Gasteiger partial charge in [-0.1, -0.05) is 30.3 Å². The van der Waals surface area contributed by atoms with E-state index >= 15 is 0 Å². The van der Waals surface area contributed by atoms with Crippen LogP contribution in [0.15, 0.2) is 77.6 Å². The highest BCUT2D eigenvalue weighted by molar-refractivity contribution is 5.99. The van der Waals surface area contributed by atoms with Crippen LogP contribution in [0, 0.1) is 10.1 Å². The second-order valence-electron chi connectivity index (χ2n) is 7.15. The van der Waals surface area contributed by atoms with Crippen LogP contribution in [0.2, 0.25) is 0 Å². The zero-order chi connectivity index (χ0) is 22.4. The quantitative estimate of drug-likeness (QED) is 0.329. The molecule has 0 amide bonds. The highest BCUT2D eigenvalue weighted by Gasteiger charge is 2.25. The number of nitrogens with one attached hydrogen (secondary N) is 1. The third-order valence-corrected chi connectivity index (χ3v) is 5.24. The number of nitro groups is 1. The van der Waals surface area contributed by atoms with Crippen molar-refractivity contribution in [2.75, 3.05) is 0 Å². The Morgan fingerprint density at radius 1 is 1.03 bits per heavy atom. The molecule has 0 saturated carbocycles. The number of rotatable bonds is 4. The smallest absolute Gasteiger partial charge is 0.335 e. The molecule has 0 fully saturated rings. The van der Waals surface area contributed by atoms with Gasteiger partial charge in [-0.15, -0.1) is 0 Å². The number of para-hydroxylation sites is 1. The van der Waals surface area contributed by atoms with Gasteiger partial charge >= 0.3 is 5.97 Å². The van der Waals surface area contributed by atoms with Gasteiger partial charge < -0.3 is 10.1 Å². The maximum Gasteiger partial charge on any atom is 0.335 e. The van der Waals surface area contributed by atoms with Gasteiger partial charge in [-0.3, -0.25) is 14.9 Å². The van der Waals surface area contributed by atoms with Crippen molar-refractivity contribution in [3.8, 4) is 28.2 Å². The first kappa shape index (κ1) is 19.2. The molecule has 0 spiro atoms. The van der Waals surface area contributed by atoms with E-state index in [9.17, 15) is 19.7 Å². The lowest BCUT2D eigenvalue weighted by atomic mass is 10.00. The van der Waals surface area contributed by atoms with Crippen LogP contribution in [0.3, 0.4) is 0 Å². The number of benzene rings is 3. The van der Waals surface area contributed by atoms with Crippen LogP contribution in [0.4, 0.5) is 5.69 Å². The first-order valence-corrected chi connectivity index (χ1v) is 9.56. The standard InChI is InChI=1S/C23H14N4O5/c28-22-19-20(14-4-3-5-16(12-14)27(31)32)24-18-7-2-1-6-17(18)21(19)25-26(22)15-10-8-13(9-11-15)23(29)30/h1-12,24H,(H,29,30). The summed E-state index contributed by atoms with van der Waals surface area (Å²) >= 11 is 0. The van der Waals surface area contributed by atoms with E-state index in [1.807, 2.05) is 24.3 Å². The Bertz CT molecular complexity index is 1550. The second-order valence-corrected chi connectivity index (χ2v) is 7.15. The third kappa shape index (κ3) is 3.00.